The van der Waals surface area contributed by atoms with Gasteiger partial charge in [0.05, 0.1) is 0 Å². The molecule has 0 aromatic carbocycles. The molecule has 12 nitrogen and oxygen atoms in total. The number of hydrogen-bond donors (Lipinski definition) is 4. The van der Waals surface area contributed by atoms with Gasteiger partial charge in [-0.15, -0.1) is 20.5 Å². The van der Waals surface area contributed by atoms with E-state index in [0.717, 1.165) is 52.4 Å². The molecule has 1 saturated heterocycles. The van der Waals surface area contributed by atoms with E-state index in [-0.39, 0.29) is 22.4 Å². The van der Waals surface area contributed by atoms with Gasteiger partial charge in [0.1, 0.15) is 0 Å². The van der Waals surface area contributed by atoms with Crippen LogP contribution in [0.4, 0.5) is 0 Å². The predicted octanol–water partition coefficient (Wildman–Crippen LogP) is -10.4. The van der Waals surface area contributed by atoms with E-state index in [2.05, 4.69) is 21.3 Å². The van der Waals surface area contributed by atoms with Crippen LogP contribution in [-0.2, 0) is 22.4 Å². The van der Waals surface area contributed by atoms with E-state index < -0.39 is 20.5 Å². The van der Waals surface area contributed by atoms with Gasteiger partial charge in [-0.05, 0) is 39.0 Å². The summed E-state index contributed by atoms with van der Waals surface area (Å²) in [5.41, 5.74) is 0. The van der Waals surface area contributed by atoms with Gasteiger partial charge < -0.3 is 21.3 Å². The van der Waals surface area contributed by atoms with E-state index in [0.29, 0.717) is 0 Å². The minimum absolute atomic E-state index is 0. The zero-order valence-electron chi connectivity index (χ0n) is 13.4. The molecule has 25 heavy (non-hydrogen) atoms. The molecule has 1 aliphatic rings. The molecule has 4 N–H and O–H groups in total. The van der Waals surface area contributed by atoms with Gasteiger partial charge in [-0.2, -0.15) is 0 Å². The Kier molecular flexibility index (Phi) is 24.0. The smallest absolute Gasteiger partial charge is 0.315 e. The van der Waals surface area contributed by atoms with Crippen molar-refractivity contribution in [2.45, 2.75) is 12.8 Å². The molecule has 0 aromatic rings. The summed E-state index contributed by atoms with van der Waals surface area (Å²) in [5.74, 6) is 0. The van der Waals surface area contributed by atoms with Crippen LogP contribution >= 0.6 is 0 Å². The van der Waals surface area contributed by atoms with Crippen molar-refractivity contribution in [3.05, 3.63) is 0 Å². The summed E-state index contributed by atoms with van der Waals surface area (Å²) in [5, 5.41) is 13.7. The summed E-state index contributed by atoms with van der Waals surface area (Å²) in [6.07, 6.45) is 2.44. The monoisotopic (exact) mass is 505 g/mol. The van der Waals surface area contributed by atoms with Crippen LogP contribution in [0.1, 0.15) is 12.8 Å². The quantitative estimate of drug-likeness (QED) is 0.224. The number of rotatable bonds is 0. The molecule has 0 amide bonds. The van der Waals surface area contributed by atoms with E-state index in [1.165, 1.54) is 12.8 Å². The molecule has 1 radical (unpaired) electrons. The van der Waals surface area contributed by atoms with Crippen molar-refractivity contribution in [3.8, 4) is 0 Å². The summed E-state index contributed by atoms with van der Waals surface area (Å²) in [4.78, 5) is 0. The molecule has 1 rings (SSSR count). The van der Waals surface area contributed by atoms with E-state index in [4.69, 9.17) is 37.3 Å². The summed E-state index contributed by atoms with van der Waals surface area (Å²) < 4.78 is 67.9. The van der Waals surface area contributed by atoms with E-state index in [1.807, 2.05) is 0 Å². The second-order valence-corrected chi connectivity index (χ2v) is 5.97. The Hall–Kier alpha value is 0.840. The van der Waals surface area contributed by atoms with Gasteiger partial charge in [-0.1, -0.05) is 0 Å². The molecule has 1 aliphatic heterocycles. The van der Waals surface area contributed by atoms with Crippen molar-refractivity contribution in [3.63, 3.8) is 0 Å². The standard InChI is InChI=1S/C10H24N4.Ag.2ClHO4/c1-3-11-7-9-13-5-2-6-14-10-8-12-4-1;;2*2-1(3,4)5/h11-14H,1-10H2;;2*(H,2,3,4,5)/q;+2;;/p-2. The van der Waals surface area contributed by atoms with Gasteiger partial charge in [0.2, 0.25) is 0 Å². The average Bonchev–Trinajstić information content (AvgIpc) is 2.38. The maximum absolute atomic E-state index is 8.49. The molecule has 0 atom stereocenters. The average molecular weight is 507 g/mol. The first kappa shape index (κ1) is 30.6. The molecule has 0 spiro atoms. The SMILES string of the molecule is C1CNCCNCCCNCCNC1.[Ag+2].[O-][Cl+3]([O-])([O-])[O-].[O-][Cl+3]([O-])([O-])[O-]. The Balaban J connectivity index is -0.000000368. The van der Waals surface area contributed by atoms with Crippen molar-refractivity contribution in [1.82, 2.24) is 21.3 Å². The second kappa shape index (κ2) is 19.6. The van der Waals surface area contributed by atoms with Crippen LogP contribution in [0.5, 0.6) is 0 Å². The maximum Gasteiger partial charge on any atom is 2.00 e. The van der Waals surface area contributed by atoms with Crippen LogP contribution in [0.25, 0.3) is 0 Å². The number of hydrogen-bond acceptors (Lipinski definition) is 12. The molecule has 0 saturated carbocycles. The summed E-state index contributed by atoms with van der Waals surface area (Å²) in [6, 6.07) is 0. The molecule has 0 aliphatic carbocycles. The zero-order chi connectivity index (χ0) is 18.9. The molecular weight excluding hydrogens is 483 g/mol. The fourth-order valence-electron chi connectivity index (χ4n) is 1.53. The summed E-state index contributed by atoms with van der Waals surface area (Å²) in [7, 11) is -9.89. The van der Waals surface area contributed by atoms with Crippen molar-refractivity contribution >= 4 is 0 Å². The maximum atomic E-state index is 8.49. The van der Waals surface area contributed by atoms with Crippen molar-refractivity contribution in [2.24, 2.45) is 0 Å². The molecule has 157 valence electrons. The number of nitrogens with one attached hydrogen (secondary N) is 4. The molecule has 1 heterocycles. The molecule has 0 unspecified atom stereocenters. The predicted molar refractivity (Wildman–Crippen MR) is 60.7 cm³/mol. The van der Waals surface area contributed by atoms with Crippen LogP contribution in [-0.4, -0.2) is 52.4 Å². The normalized spacial score (nSPS) is 18.2. The van der Waals surface area contributed by atoms with E-state index in [1.54, 1.807) is 0 Å². The third kappa shape index (κ3) is 58.8. The Morgan fingerprint density at radius 2 is 0.560 bits per heavy atom. The Morgan fingerprint density at radius 1 is 0.400 bits per heavy atom. The van der Waals surface area contributed by atoms with Crippen molar-refractivity contribution < 1.29 is 80.1 Å². The van der Waals surface area contributed by atoms with E-state index in [9.17, 15) is 0 Å². The van der Waals surface area contributed by atoms with Crippen LogP contribution < -0.4 is 58.5 Å². The first-order valence-corrected chi connectivity index (χ1v) is 9.53. The fourth-order valence-corrected chi connectivity index (χ4v) is 1.53. The Morgan fingerprint density at radius 3 is 0.720 bits per heavy atom. The molecule has 15 heteroatoms. The van der Waals surface area contributed by atoms with Gasteiger partial charge in [0.25, 0.3) is 0 Å². The van der Waals surface area contributed by atoms with Crippen LogP contribution in [0, 0.1) is 20.5 Å². The van der Waals surface area contributed by atoms with Crippen molar-refractivity contribution in [2.75, 3.05) is 52.4 Å². The molecule has 1 fully saturated rings. The van der Waals surface area contributed by atoms with Gasteiger partial charge in [-0.3, -0.25) is 0 Å². The van der Waals surface area contributed by atoms with Crippen molar-refractivity contribution in [1.29, 1.82) is 0 Å². The molecule has 0 bridgehead atoms. The first-order valence-electron chi connectivity index (χ1n) is 7.06. The van der Waals surface area contributed by atoms with Crippen LogP contribution in [0.2, 0.25) is 0 Å². The Bertz CT molecular complexity index is 197. The zero-order valence-corrected chi connectivity index (χ0v) is 16.4. The fraction of sp³-hybridized carbons (Fsp3) is 1.00. The third-order valence-electron chi connectivity index (χ3n) is 2.37. The first-order chi connectivity index (χ1) is 11.0. The van der Waals surface area contributed by atoms with Gasteiger partial charge in [-0.25, -0.2) is 37.3 Å². The number of halogens is 2. The molecular formula is C10H24AgCl2N4O8. The second-order valence-electron chi connectivity index (χ2n) is 4.46. The minimum atomic E-state index is -4.94. The topological polar surface area (TPSA) is 233 Å². The molecule has 0 aromatic heterocycles. The van der Waals surface area contributed by atoms with Crippen LogP contribution in [0.15, 0.2) is 0 Å². The van der Waals surface area contributed by atoms with E-state index >= 15 is 0 Å². The summed E-state index contributed by atoms with van der Waals surface area (Å²) in [6.45, 7) is 8.87. The minimum Gasteiger partial charge on any atom is -0.315 e. The third-order valence-corrected chi connectivity index (χ3v) is 2.37. The van der Waals surface area contributed by atoms with Gasteiger partial charge in [0.15, 0.2) is 0 Å². The summed E-state index contributed by atoms with van der Waals surface area (Å²) >= 11 is 0. The van der Waals surface area contributed by atoms with Gasteiger partial charge in [0, 0.05) is 26.2 Å². The largest absolute Gasteiger partial charge is 2.00 e. The van der Waals surface area contributed by atoms with Crippen LogP contribution in [0.3, 0.4) is 0 Å². The Labute approximate surface area is 166 Å². The van der Waals surface area contributed by atoms with Gasteiger partial charge >= 0.3 is 22.4 Å².